The number of esters is 1. The molecule has 0 amide bonds. The third kappa shape index (κ3) is 11.2. The first-order valence-electron chi connectivity index (χ1n) is 11.4. The first-order valence-corrected chi connectivity index (χ1v) is 12.4. The third-order valence-corrected chi connectivity index (χ3v) is 6.56. The van der Waals surface area contributed by atoms with Crippen LogP contribution in [0.4, 0.5) is 0 Å². The summed E-state index contributed by atoms with van der Waals surface area (Å²) in [5.74, 6) is 0.267. The molecule has 0 heterocycles. The second-order valence-corrected chi connectivity index (χ2v) is 8.91. The summed E-state index contributed by atoms with van der Waals surface area (Å²) >= 11 is 1.48. The minimum atomic E-state index is -0.880. The number of unbranched alkanes of at least 4 members (excludes halogenated alkanes) is 8. The number of carbonyl (C=O) groups excluding carboxylic acids is 1. The largest absolute Gasteiger partial charge is 0.469 e. The summed E-state index contributed by atoms with van der Waals surface area (Å²) in [6, 6.07) is 7.96. The molecule has 0 radical (unpaired) electrons. The molecule has 0 aliphatic heterocycles. The Morgan fingerprint density at radius 3 is 2.43 bits per heavy atom. The van der Waals surface area contributed by atoms with Gasteiger partial charge in [-0.25, -0.2) is 0 Å². The number of thioether (sulfide) groups is 1. The molecule has 2 N–H and O–H groups in total. The van der Waals surface area contributed by atoms with Crippen molar-refractivity contribution in [3.05, 3.63) is 41.5 Å². The van der Waals surface area contributed by atoms with E-state index in [2.05, 4.69) is 19.1 Å². The molecule has 2 unspecified atom stereocenters. The van der Waals surface area contributed by atoms with E-state index < -0.39 is 6.10 Å². The maximum atomic E-state index is 11.4. The van der Waals surface area contributed by atoms with Crippen molar-refractivity contribution < 1.29 is 19.7 Å². The summed E-state index contributed by atoms with van der Waals surface area (Å²) in [4.78, 5) is 11.4. The van der Waals surface area contributed by atoms with Crippen LogP contribution < -0.4 is 0 Å². The van der Waals surface area contributed by atoms with Crippen molar-refractivity contribution in [1.82, 2.24) is 0 Å². The van der Waals surface area contributed by atoms with E-state index in [1.54, 1.807) is 0 Å². The Balaban J connectivity index is 2.56. The summed E-state index contributed by atoms with van der Waals surface area (Å²) in [7, 11) is 1.37. The lowest BCUT2D eigenvalue weighted by Gasteiger charge is -2.23. The molecule has 0 bridgehead atoms. The van der Waals surface area contributed by atoms with Gasteiger partial charge < -0.3 is 14.9 Å². The second kappa shape index (κ2) is 17.4. The zero-order chi connectivity index (χ0) is 22.0. The van der Waals surface area contributed by atoms with Gasteiger partial charge in [0.15, 0.2) is 0 Å². The molecule has 0 aromatic heterocycles. The van der Waals surface area contributed by atoms with E-state index in [9.17, 15) is 15.0 Å². The molecular formula is C25H40O4S. The summed E-state index contributed by atoms with van der Waals surface area (Å²) in [5.41, 5.74) is 2.04. The lowest BCUT2D eigenvalue weighted by Crippen LogP contribution is -2.21. The van der Waals surface area contributed by atoms with Gasteiger partial charge in [0.25, 0.3) is 0 Å². The Labute approximate surface area is 187 Å². The van der Waals surface area contributed by atoms with E-state index in [4.69, 9.17) is 4.74 Å². The lowest BCUT2D eigenvalue weighted by molar-refractivity contribution is -0.140. The highest BCUT2D eigenvalue weighted by atomic mass is 32.2. The van der Waals surface area contributed by atoms with Crippen LogP contribution in [0.25, 0.3) is 6.08 Å². The van der Waals surface area contributed by atoms with Gasteiger partial charge in [0.2, 0.25) is 0 Å². The average Bonchev–Trinajstić information content (AvgIpc) is 2.77. The number of methoxy groups -OCH3 is 1. The molecular weight excluding hydrogens is 396 g/mol. The van der Waals surface area contributed by atoms with Crippen LogP contribution in [0.3, 0.4) is 0 Å². The fraction of sp³-hybridized carbons (Fsp3) is 0.640. The number of carbonyl (C=O) groups is 1. The number of rotatable bonds is 17. The monoisotopic (exact) mass is 436 g/mol. The molecule has 1 rings (SSSR count). The van der Waals surface area contributed by atoms with E-state index in [-0.39, 0.29) is 24.2 Å². The highest BCUT2D eigenvalue weighted by Gasteiger charge is 2.23. The number of benzene rings is 1. The first kappa shape index (κ1) is 26.7. The normalized spacial score (nSPS) is 13.5. The highest BCUT2D eigenvalue weighted by Crippen LogP contribution is 2.35. The maximum absolute atomic E-state index is 11.4. The Hall–Kier alpha value is -1.30. The van der Waals surface area contributed by atoms with Crippen LogP contribution in [-0.4, -0.2) is 41.8 Å². The quantitative estimate of drug-likeness (QED) is 0.234. The van der Waals surface area contributed by atoms with Crippen molar-refractivity contribution in [3.8, 4) is 0 Å². The molecule has 0 saturated heterocycles. The van der Waals surface area contributed by atoms with Gasteiger partial charge in [0.1, 0.15) is 0 Å². The van der Waals surface area contributed by atoms with Crippen LogP contribution in [0.15, 0.2) is 30.3 Å². The van der Waals surface area contributed by atoms with Crippen LogP contribution in [0.1, 0.15) is 87.5 Å². The third-order valence-electron chi connectivity index (χ3n) is 5.19. The molecule has 0 aliphatic carbocycles. The molecule has 30 heavy (non-hydrogen) atoms. The Kier molecular flexibility index (Phi) is 15.5. The Morgan fingerprint density at radius 1 is 1.10 bits per heavy atom. The van der Waals surface area contributed by atoms with Crippen LogP contribution in [0.2, 0.25) is 0 Å². The van der Waals surface area contributed by atoms with Crippen molar-refractivity contribution in [3.63, 3.8) is 0 Å². The van der Waals surface area contributed by atoms with Crippen molar-refractivity contribution in [1.29, 1.82) is 0 Å². The molecule has 170 valence electrons. The molecule has 2 atom stereocenters. The van der Waals surface area contributed by atoms with E-state index in [1.165, 1.54) is 70.2 Å². The van der Waals surface area contributed by atoms with Crippen molar-refractivity contribution in [2.75, 3.05) is 19.5 Å². The molecule has 0 spiro atoms. The molecule has 1 aromatic rings. The average molecular weight is 437 g/mol. The van der Waals surface area contributed by atoms with Crippen LogP contribution in [-0.2, 0) is 9.53 Å². The van der Waals surface area contributed by atoms with Gasteiger partial charge in [0, 0.05) is 5.75 Å². The van der Waals surface area contributed by atoms with Gasteiger partial charge in [-0.3, -0.25) is 4.79 Å². The van der Waals surface area contributed by atoms with Crippen molar-refractivity contribution in [2.24, 2.45) is 0 Å². The summed E-state index contributed by atoms with van der Waals surface area (Å²) < 4.78 is 4.69. The molecule has 5 heteroatoms. The zero-order valence-corrected chi connectivity index (χ0v) is 19.5. The summed E-state index contributed by atoms with van der Waals surface area (Å²) in [5, 5.41) is 19.6. The van der Waals surface area contributed by atoms with Gasteiger partial charge in [-0.05, 0) is 24.0 Å². The first-order chi connectivity index (χ1) is 14.6. The number of ether oxygens (including phenoxy) is 1. The minimum Gasteiger partial charge on any atom is -0.469 e. The highest BCUT2D eigenvalue weighted by molar-refractivity contribution is 7.99. The minimum absolute atomic E-state index is 0.265. The van der Waals surface area contributed by atoms with E-state index >= 15 is 0 Å². The van der Waals surface area contributed by atoms with Gasteiger partial charge >= 0.3 is 5.97 Å². The van der Waals surface area contributed by atoms with Crippen LogP contribution in [0.5, 0.6) is 0 Å². The fourth-order valence-corrected chi connectivity index (χ4v) is 4.64. The van der Waals surface area contributed by atoms with Crippen molar-refractivity contribution >= 4 is 23.8 Å². The van der Waals surface area contributed by atoms with E-state index in [0.29, 0.717) is 5.75 Å². The Morgan fingerprint density at radius 2 is 1.77 bits per heavy atom. The lowest BCUT2D eigenvalue weighted by atomic mass is 10.00. The van der Waals surface area contributed by atoms with E-state index in [1.807, 2.05) is 24.3 Å². The van der Waals surface area contributed by atoms with Crippen LogP contribution in [0, 0.1) is 0 Å². The SMILES string of the molecule is CCCCCCCCCC/C=C/c1ccccc1C(SCCC(=O)OC)C(O)CO. The zero-order valence-electron chi connectivity index (χ0n) is 18.7. The summed E-state index contributed by atoms with van der Waals surface area (Å²) in [6.45, 7) is 1.93. The maximum Gasteiger partial charge on any atom is 0.306 e. The Bertz CT molecular complexity index is 603. The number of allylic oxidation sites excluding steroid dienone is 1. The van der Waals surface area contributed by atoms with E-state index in [0.717, 1.165) is 17.5 Å². The topological polar surface area (TPSA) is 66.8 Å². The number of hydrogen-bond acceptors (Lipinski definition) is 5. The van der Waals surface area contributed by atoms with Crippen molar-refractivity contribution in [2.45, 2.75) is 82.5 Å². The molecule has 0 saturated carbocycles. The number of hydrogen-bond donors (Lipinski definition) is 2. The fourth-order valence-electron chi connectivity index (χ4n) is 3.40. The molecule has 0 aliphatic rings. The number of aliphatic hydroxyl groups is 2. The molecule has 1 aromatic carbocycles. The van der Waals surface area contributed by atoms with Crippen LogP contribution >= 0.6 is 11.8 Å². The van der Waals surface area contributed by atoms with Gasteiger partial charge in [-0.2, -0.15) is 11.8 Å². The smallest absolute Gasteiger partial charge is 0.306 e. The standard InChI is InChI=1S/C25H40O4S/c1-3-4-5-6-7-8-9-10-11-12-15-21-16-13-14-17-22(21)25(23(27)20-26)30-19-18-24(28)29-2/h12-17,23,25-27H,3-11,18-20H2,1-2H3/b15-12+. The van der Waals surface area contributed by atoms with Gasteiger partial charge in [0.05, 0.1) is 31.5 Å². The second-order valence-electron chi connectivity index (χ2n) is 7.66. The van der Waals surface area contributed by atoms with Gasteiger partial charge in [-0.1, -0.05) is 88.3 Å². The number of aliphatic hydroxyl groups excluding tert-OH is 2. The molecule has 0 fully saturated rings. The van der Waals surface area contributed by atoms with Gasteiger partial charge in [-0.15, -0.1) is 0 Å². The predicted octanol–water partition coefficient (Wildman–Crippen LogP) is 5.92. The summed E-state index contributed by atoms with van der Waals surface area (Å²) in [6.07, 6.45) is 15.3. The molecule has 4 nitrogen and oxygen atoms in total. The predicted molar refractivity (Wildman–Crippen MR) is 128 cm³/mol.